The first-order valence-electron chi connectivity index (χ1n) is 10.7. The number of hydrogen-bond donors (Lipinski definition) is 1. The third-order valence-corrected chi connectivity index (χ3v) is 8.38. The lowest BCUT2D eigenvalue weighted by Crippen LogP contribution is -2.19. The van der Waals surface area contributed by atoms with Crippen LogP contribution >= 0.6 is 11.6 Å². The van der Waals surface area contributed by atoms with Gasteiger partial charge in [0.1, 0.15) is 11.0 Å². The summed E-state index contributed by atoms with van der Waals surface area (Å²) in [7, 11) is -3.13. The molecule has 0 radical (unpaired) electrons. The van der Waals surface area contributed by atoms with Crippen molar-refractivity contribution in [1.29, 1.82) is 0 Å². The van der Waals surface area contributed by atoms with Crippen LogP contribution in [0.2, 0.25) is 5.02 Å². The van der Waals surface area contributed by atoms with Crippen LogP contribution in [-0.4, -0.2) is 37.2 Å². The Morgan fingerprint density at radius 2 is 2.00 bits per heavy atom. The molecule has 0 amide bonds. The molecule has 2 aliphatic rings. The first kappa shape index (κ1) is 22.1. The molecule has 2 aromatic rings. The number of phenolic OH excluding ortho intramolecular Hbond substituents is 1. The van der Waals surface area contributed by atoms with Crippen LogP contribution in [-0.2, 0) is 14.6 Å². The first-order chi connectivity index (χ1) is 14.9. The van der Waals surface area contributed by atoms with Crippen molar-refractivity contribution in [3.8, 4) is 5.75 Å². The molecule has 2 aliphatic heterocycles. The zero-order valence-electron chi connectivity index (χ0n) is 17.6. The molecule has 0 bridgehead atoms. The summed E-state index contributed by atoms with van der Waals surface area (Å²) in [6.45, 7) is 2.35. The smallest absolute Gasteiger partial charge is 0.163 e. The van der Waals surface area contributed by atoms with E-state index in [1.807, 2.05) is 24.3 Å². The van der Waals surface area contributed by atoms with E-state index in [9.17, 15) is 13.5 Å². The molecule has 4 nitrogen and oxygen atoms in total. The summed E-state index contributed by atoms with van der Waals surface area (Å²) in [5.74, 6) is 0.317. The molecule has 1 saturated heterocycles. The van der Waals surface area contributed by atoms with E-state index in [0.717, 1.165) is 47.1 Å². The number of halogens is 1. The standard InChI is InChI=1S/C25H27ClO4S/c1-2-6-20-16-31(28,29)24-15-30-23(25(20)24)12-10-18(17-7-4-3-5-8-17)13-19-9-11-21(27)14-22(19)26/h3-5,7-9,11,13-14,23-24,27H,2,6,10,12,15-16H2,1H3/b18-13-/t23-,24+/m1/s1. The quantitative estimate of drug-likeness (QED) is 0.429. The molecule has 0 unspecified atom stereocenters. The number of hydrogen-bond acceptors (Lipinski definition) is 4. The second-order valence-corrected chi connectivity index (χ2v) is 10.8. The summed E-state index contributed by atoms with van der Waals surface area (Å²) < 4.78 is 31.1. The van der Waals surface area contributed by atoms with Gasteiger partial charge in [0, 0.05) is 0 Å². The van der Waals surface area contributed by atoms with Crippen molar-refractivity contribution in [2.45, 2.75) is 44.0 Å². The van der Waals surface area contributed by atoms with E-state index in [0.29, 0.717) is 11.4 Å². The lowest BCUT2D eigenvalue weighted by atomic mass is 9.92. The molecule has 4 rings (SSSR count). The Bertz CT molecular complexity index is 1120. The van der Waals surface area contributed by atoms with E-state index in [4.69, 9.17) is 16.3 Å². The van der Waals surface area contributed by atoms with Crippen molar-refractivity contribution < 1.29 is 18.3 Å². The highest BCUT2D eigenvalue weighted by Crippen LogP contribution is 2.40. The largest absolute Gasteiger partial charge is 0.508 e. The van der Waals surface area contributed by atoms with Crippen molar-refractivity contribution in [2.24, 2.45) is 0 Å². The van der Waals surface area contributed by atoms with Gasteiger partial charge in [-0.2, -0.15) is 0 Å². The van der Waals surface area contributed by atoms with E-state index < -0.39 is 15.1 Å². The molecule has 0 aliphatic carbocycles. The van der Waals surface area contributed by atoms with Crippen molar-refractivity contribution in [2.75, 3.05) is 12.4 Å². The molecule has 2 heterocycles. The second kappa shape index (κ2) is 9.19. The third-order valence-electron chi connectivity index (χ3n) is 6.05. The zero-order chi connectivity index (χ0) is 22.0. The Kier molecular flexibility index (Phi) is 6.56. The van der Waals surface area contributed by atoms with E-state index >= 15 is 0 Å². The molecule has 1 N–H and O–H groups in total. The molecule has 31 heavy (non-hydrogen) atoms. The van der Waals surface area contributed by atoms with Gasteiger partial charge in [-0.3, -0.25) is 0 Å². The average molecular weight is 459 g/mol. The normalized spacial score (nSPS) is 22.7. The zero-order valence-corrected chi connectivity index (χ0v) is 19.1. The van der Waals surface area contributed by atoms with Crippen LogP contribution in [0.15, 0.2) is 59.7 Å². The van der Waals surface area contributed by atoms with Crippen LogP contribution in [0.1, 0.15) is 43.7 Å². The second-order valence-electron chi connectivity index (χ2n) is 8.21. The van der Waals surface area contributed by atoms with Gasteiger partial charge in [-0.05, 0) is 65.8 Å². The molecular weight excluding hydrogens is 432 g/mol. The number of rotatable bonds is 7. The SMILES string of the molecule is CCCC1=C2[C@@H](CC/C(=C/c3ccc(O)cc3Cl)c3ccccc3)OC[C@@H]2S(=O)(=O)C1. The van der Waals surface area contributed by atoms with Crippen molar-refractivity contribution in [3.63, 3.8) is 0 Å². The van der Waals surface area contributed by atoms with Gasteiger partial charge < -0.3 is 9.84 Å². The fourth-order valence-corrected chi connectivity index (χ4v) is 6.80. The Morgan fingerprint density at radius 3 is 2.71 bits per heavy atom. The molecule has 0 aromatic heterocycles. The lowest BCUT2D eigenvalue weighted by molar-refractivity contribution is 0.118. The van der Waals surface area contributed by atoms with Crippen molar-refractivity contribution in [3.05, 3.63) is 75.8 Å². The first-order valence-corrected chi connectivity index (χ1v) is 12.8. The monoisotopic (exact) mass is 458 g/mol. The Labute approximate surface area is 189 Å². The highest BCUT2D eigenvalue weighted by Gasteiger charge is 2.46. The third kappa shape index (κ3) is 4.74. The lowest BCUT2D eigenvalue weighted by Gasteiger charge is -2.16. The summed E-state index contributed by atoms with van der Waals surface area (Å²) in [5.41, 5.74) is 5.08. The van der Waals surface area contributed by atoms with Crippen LogP contribution in [0, 0.1) is 0 Å². The molecule has 164 valence electrons. The molecule has 1 fully saturated rings. The van der Waals surface area contributed by atoms with E-state index in [-0.39, 0.29) is 24.2 Å². The molecular formula is C25H27ClO4S. The number of sulfone groups is 1. The molecule has 6 heteroatoms. The topological polar surface area (TPSA) is 63.6 Å². The van der Waals surface area contributed by atoms with Crippen LogP contribution in [0.4, 0.5) is 0 Å². The summed E-state index contributed by atoms with van der Waals surface area (Å²) in [4.78, 5) is 0. The Balaban J connectivity index is 1.61. The maximum Gasteiger partial charge on any atom is 0.163 e. The van der Waals surface area contributed by atoms with Gasteiger partial charge in [0.2, 0.25) is 0 Å². The minimum atomic E-state index is -3.13. The average Bonchev–Trinajstić information content (AvgIpc) is 3.27. The van der Waals surface area contributed by atoms with Crippen molar-refractivity contribution >= 4 is 33.1 Å². The molecule has 0 spiro atoms. The fraction of sp³-hybridized carbons (Fsp3) is 0.360. The number of phenols is 1. The number of ether oxygens (including phenoxy) is 1. The highest BCUT2D eigenvalue weighted by molar-refractivity contribution is 7.92. The van der Waals surface area contributed by atoms with Crippen LogP contribution in [0.25, 0.3) is 11.6 Å². The number of allylic oxidation sites excluding steroid dienone is 1. The Morgan fingerprint density at radius 1 is 1.23 bits per heavy atom. The highest BCUT2D eigenvalue weighted by atomic mass is 35.5. The maximum absolute atomic E-state index is 12.6. The fourth-order valence-electron chi connectivity index (χ4n) is 4.59. The predicted octanol–water partition coefficient (Wildman–Crippen LogP) is 5.66. The van der Waals surface area contributed by atoms with Crippen LogP contribution in [0.3, 0.4) is 0 Å². The van der Waals surface area contributed by atoms with Gasteiger partial charge >= 0.3 is 0 Å². The number of aromatic hydroxyl groups is 1. The predicted molar refractivity (Wildman–Crippen MR) is 126 cm³/mol. The molecule has 2 aromatic carbocycles. The minimum absolute atomic E-state index is 0.131. The van der Waals surface area contributed by atoms with Crippen LogP contribution in [0.5, 0.6) is 5.75 Å². The van der Waals surface area contributed by atoms with Gasteiger partial charge in [-0.1, -0.05) is 60.9 Å². The summed E-state index contributed by atoms with van der Waals surface area (Å²) in [5, 5.41) is 9.68. The van der Waals surface area contributed by atoms with Gasteiger partial charge in [-0.15, -0.1) is 0 Å². The van der Waals surface area contributed by atoms with Gasteiger partial charge in [-0.25, -0.2) is 8.42 Å². The molecule has 0 saturated carbocycles. The van der Waals surface area contributed by atoms with Gasteiger partial charge in [0.05, 0.1) is 23.5 Å². The van der Waals surface area contributed by atoms with Gasteiger partial charge in [0.15, 0.2) is 9.84 Å². The number of benzene rings is 2. The number of fused-ring (bicyclic) bond motifs is 1. The molecule has 2 atom stereocenters. The van der Waals surface area contributed by atoms with E-state index in [1.165, 1.54) is 6.07 Å². The van der Waals surface area contributed by atoms with Crippen LogP contribution < -0.4 is 0 Å². The van der Waals surface area contributed by atoms with Crippen molar-refractivity contribution in [1.82, 2.24) is 0 Å². The minimum Gasteiger partial charge on any atom is -0.508 e. The summed E-state index contributed by atoms with van der Waals surface area (Å²) >= 11 is 6.34. The Hall–Kier alpha value is -2.08. The summed E-state index contributed by atoms with van der Waals surface area (Å²) in [6, 6.07) is 15.0. The van der Waals surface area contributed by atoms with E-state index in [2.05, 4.69) is 19.1 Å². The maximum atomic E-state index is 12.6. The van der Waals surface area contributed by atoms with Gasteiger partial charge in [0.25, 0.3) is 0 Å². The van der Waals surface area contributed by atoms with E-state index in [1.54, 1.807) is 12.1 Å². The summed E-state index contributed by atoms with van der Waals surface area (Å²) in [6.07, 6.45) is 5.06.